The van der Waals surface area contributed by atoms with Crippen LogP contribution >= 0.6 is 0 Å². The van der Waals surface area contributed by atoms with Crippen molar-refractivity contribution in [1.82, 2.24) is 20.1 Å². The van der Waals surface area contributed by atoms with Gasteiger partial charge >= 0.3 is 0 Å². The van der Waals surface area contributed by atoms with E-state index in [1.165, 1.54) is 30.1 Å². The van der Waals surface area contributed by atoms with Crippen LogP contribution in [0.4, 0.5) is 10.3 Å². The number of benzene rings is 1. The maximum Gasteiger partial charge on any atom is 0.291 e. The van der Waals surface area contributed by atoms with Gasteiger partial charge in [0.05, 0.1) is 11.6 Å². The average molecular weight is 274 g/mol. The molecule has 0 unspecified atom stereocenters. The number of nitrogen functional groups attached to an aromatic ring is 1. The normalized spacial score (nSPS) is 10.1. The molecule has 20 heavy (non-hydrogen) atoms. The first-order valence-electron chi connectivity index (χ1n) is 5.63. The zero-order valence-electron chi connectivity index (χ0n) is 10.6. The maximum absolute atomic E-state index is 13.6. The molecule has 1 heterocycles. The van der Waals surface area contributed by atoms with Crippen molar-refractivity contribution in [3.8, 4) is 6.07 Å². The average Bonchev–Trinajstić information content (AvgIpc) is 2.87. The SMILES string of the molecule is CN(Cc1cc(C#N)ccc1F)C(=O)c1nc(N)n[nH]1. The molecule has 3 N–H and O–H groups in total. The fraction of sp³-hybridized carbons (Fsp3) is 0.167. The van der Waals surface area contributed by atoms with E-state index < -0.39 is 11.7 Å². The Morgan fingerprint density at radius 1 is 1.60 bits per heavy atom. The van der Waals surface area contributed by atoms with Crippen molar-refractivity contribution in [3.05, 3.63) is 41.0 Å². The highest BCUT2D eigenvalue weighted by Gasteiger charge is 2.17. The van der Waals surface area contributed by atoms with Gasteiger partial charge in [-0.1, -0.05) is 0 Å². The van der Waals surface area contributed by atoms with Crippen LogP contribution in [0.3, 0.4) is 0 Å². The van der Waals surface area contributed by atoms with Gasteiger partial charge in [-0.15, -0.1) is 5.10 Å². The largest absolute Gasteiger partial charge is 0.366 e. The Morgan fingerprint density at radius 2 is 2.35 bits per heavy atom. The van der Waals surface area contributed by atoms with Crippen molar-refractivity contribution >= 4 is 11.9 Å². The van der Waals surface area contributed by atoms with E-state index in [1.807, 2.05) is 6.07 Å². The van der Waals surface area contributed by atoms with Crippen molar-refractivity contribution in [1.29, 1.82) is 5.26 Å². The van der Waals surface area contributed by atoms with Crippen molar-refractivity contribution in [3.63, 3.8) is 0 Å². The molecule has 8 heteroatoms. The quantitative estimate of drug-likeness (QED) is 0.854. The number of anilines is 1. The summed E-state index contributed by atoms with van der Waals surface area (Å²) in [4.78, 5) is 16.9. The number of nitrogens with one attached hydrogen (secondary N) is 1. The molecule has 0 aliphatic carbocycles. The van der Waals surface area contributed by atoms with Gasteiger partial charge in [0, 0.05) is 19.2 Å². The lowest BCUT2D eigenvalue weighted by atomic mass is 10.1. The molecule has 1 aromatic carbocycles. The molecular weight excluding hydrogens is 263 g/mol. The fourth-order valence-corrected chi connectivity index (χ4v) is 1.64. The second kappa shape index (κ2) is 5.36. The van der Waals surface area contributed by atoms with Gasteiger partial charge in [0.2, 0.25) is 11.8 Å². The van der Waals surface area contributed by atoms with Crippen LogP contribution in [0.1, 0.15) is 21.7 Å². The van der Waals surface area contributed by atoms with Crippen LogP contribution in [-0.2, 0) is 6.54 Å². The van der Waals surface area contributed by atoms with Crippen LogP contribution in [0.2, 0.25) is 0 Å². The van der Waals surface area contributed by atoms with Gasteiger partial charge in [-0.2, -0.15) is 10.2 Å². The molecule has 2 rings (SSSR count). The number of carbonyl (C=O) groups excluding carboxylic acids is 1. The van der Waals surface area contributed by atoms with E-state index in [2.05, 4.69) is 15.2 Å². The number of amides is 1. The van der Waals surface area contributed by atoms with Crippen LogP contribution in [0, 0.1) is 17.1 Å². The molecule has 0 spiro atoms. The number of nitriles is 1. The van der Waals surface area contributed by atoms with Crippen LogP contribution in [0.15, 0.2) is 18.2 Å². The topological polar surface area (TPSA) is 112 Å². The number of rotatable bonds is 3. The first-order chi connectivity index (χ1) is 9.51. The molecule has 0 aliphatic rings. The molecule has 0 atom stereocenters. The third-order valence-corrected chi connectivity index (χ3v) is 2.63. The van der Waals surface area contributed by atoms with Gasteiger partial charge in [0.15, 0.2) is 0 Å². The lowest BCUT2D eigenvalue weighted by Gasteiger charge is -2.16. The zero-order chi connectivity index (χ0) is 14.7. The molecule has 1 aromatic heterocycles. The first kappa shape index (κ1) is 13.5. The predicted molar refractivity (Wildman–Crippen MR) is 67.7 cm³/mol. The van der Waals surface area contributed by atoms with Gasteiger partial charge in [-0.05, 0) is 18.2 Å². The molecule has 1 amide bonds. The number of nitrogens with two attached hydrogens (primary N) is 1. The summed E-state index contributed by atoms with van der Waals surface area (Å²) in [6.45, 7) is 0.000785. The number of hydrogen-bond acceptors (Lipinski definition) is 5. The number of H-pyrrole nitrogens is 1. The zero-order valence-corrected chi connectivity index (χ0v) is 10.6. The first-order valence-corrected chi connectivity index (χ1v) is 5.63. The van der Waals surface area contributed by atoms with E-state index in [0.717, 1.165) is 0 Å². The fourth-order valence-electron chi connectivity index (χ4n) is 1.64. The van der Waals surface area contributed by atoms with E-state index in [1.54, 1.807) is 0 Å². The van der Waals surface area contributed by atoms with Crippen molar-refractivity contribution < 1.29 is 9.18 Å². The molecule has 0 saturated heterocycles. The minimum atomic E-state index is -0.485. The molecular formula is C12H11FN6O. The lowest BCUT2D eigenvalue weighted by Crippen LogP contribution is -2.27. The van der Waals surface area contributed by atoms with E-state index in [9.17, 15) is 9.18 Å². The molecule has 0 aliphatic heterocycles. The van der Waals surface area contributed by atoms with Crippen molar-refractivity contribution in [2.75, 3.05) is 12.8 Å². The summed E-state index contributed by atoms with van der Waals surface area (Å²) < 4.78 is 13.6. The molecule has 7 nitrogen and oxygen atoms in total. The summed E-state index contributed by atoms with van der Waals surface area (Å²) in [6.07, 6.45) is 0. The van der Waals surface area contributed by atoms with E-state index in [4.69, 9.17) is 11.0 Å². The van der Waals surface area contributed by atoms with Crippen LogP contribution < -0.4 is 5.73 Å². The van der Waals surface area contributed by atoms with Crippen LogP contribution in [-0.4, -0.2) is 33.0 Å². The molecule has 2 aromatic rings. The third kappa shape index (κ3) is 2.72. The highest BCUT2D eigenvalue weighted by atomic mass is 19.1. The molecule has 102 valence electrons. The Kier molecular flexibility index (Phi) is 3.61. The summed E-state index contributed by atoms with van der Waals surface area (Å²) >= 11 is 0. The van der Waals surface area contributed by atoms with Gasteiger partial charge in [-0.25, -0.2) is 4.39 Å². The molecule has 0 bridgehead atoms. The minimum absolute atomic E-state index is 0.000785. The van der Waals surface area contributed by atoms with E-state index in [0.29, 0.717) is 5.56 Å². The monoisotopic (exact) mass is 274 g/mol. The van der Waals surface area contributed by atoms with Gasteiger partial charge < -0.3 is 10.6 Å². The number of aromatic amines is 1. The molecule has 0 radical (unpaired) electrons. The van der Waals surface area contributed by atoms with Gasteiger partial charge in [0.1, 0.15) is 5.82 Å². The lowest BCUT2D eigenvalue weighted by molar-refractivity contribution is 0.0772. The summed E-state index contributed by atoms with van der Waals surface area (Å²) in [6, 6.07) is 5.88. The Hall–Kier alpha value is -2.95. The Labute approximate surface area is 113 Å². The number of hydrogen-bond donors (Lipinski definition) is 2. The summed E-state index contributed by atoms with van der Waals surface area (Å²) in [5.74, 6) is -1.03. The predicted octanol–water partition coefficient (Wildman–Crippen LogP) is 0.670. The highest BCUT2D eigenvalue weighted by Crippen LogP contribution is 2.13. The van der Waals surface area contributed by atoms with Crippen molar-refractivity contribution in [2.24, 2.45) is 0 Å². The standard InChI is InChI=1S/C12H11FN6O/c1-19(11(20)10-16-12(15)18-17-10)6-8-4-7(5-14)2-3-9(8)13/h2-4H,6H2,1H3,(H3,15,16,17,18). The van der Waals surface area contributed by atoms with Gasteiger partial charge in [-0.3, -0.25) is 9.89 Å². The Bertz CT molecular complexity index is 689. The maximum atomic E-state index is 13.6. The van der Waals surface area contributed by atoms with Gasteiger partial charge in [0.25, 0.3) is 5.91 Å². The Balaban J connectivity index is 2.17. The second-order valence-corrected chi connectivity index (χ2v) is 4.12. The number of carbonyl (C=O) groups is 1. The third-order valence-electron chi connectivity index (χ3n) is 2.63. The summed E-state index contributed by atoms with van der Waals surface area (Å²) in [5.41, 5.74) is 5.88. The molecule has 0 fully saturated rings. The smallest absolute Gasteiger partial charge is 0.291 e. The number of aromatic nitrogens is 3. The van der Waals surface area contributed by atoms with E-state index >= 15 is 0 Å². The second-order valence-electron chi connectivity index (χ2n) is 4.12. The Morgan fingerprint density at radius 3 is 2.95 bits per heavy atom. The summed E-state index contributed by atoms with van der Waals surface area (Å²) in [5, 5.41) is 14.7. The van der Waals surface area contributed by atoms with Crippen molar-refractivity contribution in [2.45, 2.75) is 6.54 Å². The van der Waals surface area contributed by atoms with E-state index in [-0.39, 0.29) is 23.9 Å². The number of nitrogens with zero attached hydrogens (tertiary/aromatic N) is 4. The van der Waals surface area contributed by atoms with Crippen LogP contribution in [0.25, 0.3) is 0 Å². The molecule has 0 saturated carbocycles. The summed E-state index contributed by atoms with van der Waals surface area (Å²) in [7, 11) is 1.49. The minimum Gasteiger partial charge on any atom is -0.366 e. The van der Waals surface area contributed by atoms with Crippen LogP contribution in [0.5, 0.6) is 0 Å². The number of halogens is 1. The highest BCUT2D eigenvalue weighted by molar-refractivity contribution is 5.90.